The molecule has 3 rings (SSSR count). The molecule has 25 heavy (non-hydrogen) atoms. The van der Waals surface area contributed by atoms with E-state index in [1.807, 2.05) is 12.1 Å². The minimum Gasteiger partial charge on any atom is -0.389 e. The van der Waals surface area contributed by atoms with Crippen LogP contribution in [-0.2, 0) is 9.47 Å². The SMILES string of the molecule is Cl.OC(COC1CCCCC1)CN1CCOC(c2ccc(Br)cc2)C1. The van der Waals surface area contributed by atoms with E-state index in [1.165, 1.54) is 24.8 Å². The van der Waals surface area contributed by atoms with Crippen LogP contribution >= 0.6 is 28.3 Å². The first kappa shape index (κ1) is 21.1. The Labute approximate surface area is 165 Å². The van der Waals surface area contributed by atoms with Crippen molar-refractivity contribution in [3.63, 3.8) is 0 Å². The highest BCUT2D eigenvalue weighted by Gasteiger charge is 2.24. The Balaban J connectivity index is 0.00000225. The van der Waals surface area contributed by atoms with Crippen molar-refractivity contribution in [3.8, 4) is 0 Å². The average molecular weight is 435 g/mol. The Morgan fingerprint density at radius 3 is 2.64 bits per heavy atom. The zero-order valence-corrected chi connectivity index (χ0v) is 17.0. The van der Waals surface area contributed by atoms with Crippen molar-refractivity contribution >= 4 is 28.3 Å². The quantitative estimate of drug-likeness (QED) is 0.736. The van der Waals surface area contributed by atoms with Gasteiger partial charge in [0, 0.05) is 24.1 Å². The van der Waals surface area contributed by atoms with Crippen LogP contribution in [0.3, 0.4) is 0 Å². The molecule has 1 saturated carbocycles. The van der Waals surface area contributed by atoms with Crippen LogP contribution in [0.25, 0.3) is 0 Å². The molecule has 1 saturated heterocycles. The monoisotopic (exact) mass is 433 g/mol. The number of rotatable bonds is 6. The van der Waals surface area contributed by atoms with E-state index in [1.54, 1.807) is 0 Å². The summed E-state index contributed by atoms with van der Waals surface area (Å²) in [6.45, 7) is 3.50. The van der Waals surface area contributed by atoms with E-state index in [4.69, 9.17) is 9.47 Å². The van der Waals surface area contributed by atoms with Crippen molar-refractivity contribution in [2.45, 2.75) is 50.4 Å². The number of ether oxygens (including phenoxy) is 2. The number of hydrogen-bond acceptors (Lipinski definition) is 4. The van der Waals surface area contributed by atoms with Gasteiger partial charge in [-0.3, -0.25) is 4.90 Å². The van der Waals surface area contributed by atoms with Crippen LogP contribution in [-0.4, -0.2) is 55.1 Å². The summed E-state index contributed by atoms with van der Waals surface area (Å²) in [5.41, 5.74) is 1.19. The lowest BCUT2D eigenvalue weighted by Gasteiger charge is -2.34. The molecule has 1 aromatic rings. The fraction of sp³-hybridized carbons (Fsp3) is 0.684. The predicted molar refractivity (Wildman–Crippen MR) is 105 cm³/mol. The minimum absolute atomic E-state index is 0. The number of halogens is 2. The fourth-order valence-electron chi connectivity index (χ4n) is 3.58. The average Bonchev–Trinajstić information content (AvgIpc) is 2.62. The van der Waals surface area contributed by atoms with Gasteiger partial charge < -0.3 is 14.6 Å². The van der Waals surface area contributed by atoms with Gasteiger partial charge in [-0.15, -0.1) is 12.4 Å². The minimum atomic E-state index is -0.421. The number of aliphatic hydroxyl groups is 1. The van der Waals surface area contributed by atoms with Gasteiger partial charge in [0.1, 0.15) is 0 Å². The molecule has 1 aromatic carbocycles. The lowest BCUT2D eigenvalue weighted by molar-refractivity contribution is -0.0645. The van der Waals surface area contributed by atoms with E-state index in [-0.39, 0.29) is 18.5 Å². The van der Waals surface area contributed by atoms with E-state index in [0.717, 1.165) is 30.4 Å². The van der Waals surface area contributed by atoms with Gasteiger partial charge in [-0.25, -0.2) is 0 Å². The molecular weight excluding hydrogens is 406 g/mol. The highest BCUT2D eigenvalue weighted by atomic mass is 79.9. The standard InChI is InChI=1S/C19H28BrNO3.ClH/c20-16-8-6-15(7-9-16)19-13-21(10-11-23-19)12-17(22)14-24-18-4-2-1-3-5-18;/h6-9,17-19,22H,1-5,10-14H2;1H. The van der Waals surface area contributed by atoms with Crippen molar-refractivity contribution in [1.82, 2.24) is 4.90 Å². The van der Waals surface area contributed by atoms with Crippen LogP contribution in [0, 0.1) is 0 Å². The van der Waals surface area contributed by atoms with Crippen LogP contribution in [0.15, 0.2) is 28.7 Å². The van der Waals surface area contributed by atoms with Crippen LogP contribution in [0.1, 0.15) is 43.8 Å². The number of morpholine rings is 1. The maximum Gasteiger partial charge on any atom is 0.0952 e. The summed E-state index contributed by atoms with van der Waals surface area (Å²) in [5, 5.41) is 10.3. The maximum atomic E-state index is 10.3. The molecule has 6 heteroatoms. The lowest BCUT2D eigenvalue weighted by Crippen LogP contribution is -2.43. The van der Waals surface area contributed by atoms with E-state index in [9.17, 15) is 5.11 Å². The molecule has 1 N–H and O–H groups in total. The Morgan fingerprint density at radius 1 is 1.20 bits per heavy atom. The summed E-state index contributed by atoms with van der Waals surface area (Å²) >= 11 is 3.47. The van der Waals surface area contributed by atoms with Gasteiger partial charge in [-0.1, -0.05) is 47.3 Å². The molecule has 1 aliphatic carbocycles. The molecule has 2 aliphatic rings. The largest absolute Gasteiger partial charge is 0.389 e. The van der Waals surface area contributed by atoms with Crippen molar-refractivity contribution in [3.05, 3.63) is 34.3 Å². The number of benzene rings is 1. The summed E-state index contributed by atoms with van der Waals surface area (Å²) in [4.78, 5) is 2.28. The van der Waals surface area contributed by atoms with E-state index < -0.39 is 6.10 Å². The summed E-state index contributed by atoms with van der Waals surface area (Å²) in [6.07, 6.45) is 6.17. The molecule has 4 nitrogen and oxygen atoms in total. The fourth-order valence-corrected chi connectivity index (χ4v) is 3.84. The summed E-state index contributed by atoms with van der Waals surface area (Å²) in [6, 6.07) is 8.29. The Morgan fingerprint density at radius 2 is 1.92 bits per heavy atom. The molecule has 0 amide bonds. The molecule has 2 fully saturated rings. The van der Waals surface area contributed by atoms with E-state index in [2.05, 4.69) is 33.0 Å². The van der Waals surface area contributed by atoms with Gasteiger partial charge in [0.15, 0.2) is 0 Å². The Kier molecular flexibility index (Phi) is 9.17. The van der Waals surface area contributed by atoms with Gasteiger partial charge in [-0.2, -0.15) is 0 Å². The molecule has 0 spiro atoms. The zero-order valence-electron chi connectivity index (χ0n) is 14.6. The summed E-state index contributed by atoms with van der Waals surface area (Å²) in [7, 11) is 0. The summed E-state index contributed by atoms with van der Waals surface area (Å²) in [5.74, 6) is 0. The predicted octanol–water partition coefficient (Wildman–Crippen LogP) is 3.95. The zero-order chi connectivity index (χ0) is 16.8. The van der Waals surface area contributed by atoms with Gasteiger partial charge in [0.05, 0.1) is 31.5 Å². The number of aliphatic hydroxyl groups excluding tert-OH is 1. The van der Waals surface area contributed by atoms with Gasteiger partial charge in [0.2, 0.25) is 0 Å². The number of nitrogens with zero attached hydrogens (tertiary/aromatic N) is 1. The van der Waals surface area contributed by atoms with Crippen LogP contribution in [0.5, 0.6) is 0 Å². The molecule has 0 radical (unpaired) electrons. The third-order valence-corrected chi connectivity index (χ3v) is 5.47. The third kappa shape index (κ3) is 6.81. The first-order chi connectivity index (χ1) is 11.7. The number of hydrogen-bond donors (Lipinski definition) is 1. The van der Waals surface area contributed by atoms with E-state index >= 15 is 0 Å². The molecule has 2 atom stereocenters. The van der Waals surface area contributed by atoms with Gasteiger partial charge >= 0.3 is 0 Å². The van der Waals surface area contributed by atoms with Crippen LogP contribution < -0.4 is 0 Å². The normalized spacial score (nSPS) is 23.8. The topological polar surface area (TPSA) is 41.9 Å². The van der Waals surface area contributed by atoms with Crippen LogP contribution in [0.2, 0.25) is 0 Å². The second-order valence-corrected chi connectivity index (χ2v) is 7.83. The smallest absolute Gasteiger partial charge is 0.0952 e. The van der Waals surface area contributed by atoms with Crippen molar-refractivity contribution < 1.29 is 14.6 Å². The second kappa shape index (κ2) is 10.9. The molecule has 2 unspecified atom stereocenters. The molecule has 0 aromatic heterocycles. The lowest BCUT2D eigenvalue weighted by atomic mass is 9.98. The third-order valence-electron chi connectivity index (χ3n) is 4.94. The van der Waals surface area contributed by atoms with Crippen molar-refractivity contribution in [2.24, 2.45) is 0 Å². The maximum absolute atomic E-state index is 10.3. The first-order valence-corrected chi connectivity index (χ1v) is 9.89. The highest BCUT2D eigenvalue weighted by molar-refractivity contribution is 9.10. The van der Waals surface area contributed by atoms with Crippen molar-refractivity contribution in [2.75, 3.05) is 32.8 Å². The Bertz CT molecular complexity index is 496. The number of β-amino-alcohol motifs (C(OH)–C–C–N with tert-alkyl or cyclic N) is 1. The molecule has 1 aliphatic heterocycles. The molecule has 142 valence electrons. The van der Waals surface area contributed by atoms with E-state index in [0.29, 0.717) is 25.9 Å². The molecular formula is C19H29BrClNO3. The van der Waals surface area contributed by atoms with Gasteiger partial charge in [0.25, 0.3) is 0 Å². The van der Waals surface area contributed by atoms with Crippen LogP contribution in [0.4, 0.5) is 0 Å². The van der Waals surface area contributed by atoms with Crippen molar-refractivity contribution in [1.29, 1.82) is 0 Å². The molecule has 0 bridgehead atoms. The highest BCUT2D eigenvalue weighted by Crippen LogP contribution is 2.24. The second-order valence-electron chi connectivity index (χ2n) is 6.92. The summed E-state index contributed by atoms with van der Waals surface area (Å²) < 4.78 is 12.9. The van der Waals surface area contributed by atoms with Gasteiger partial charge in [-0.05, 0) is 30.5 Å². The Hall–Kier alpha value is -0.170. The molecule has 1 heterocycles. The first-order valence-electron chi connectivity index (χ1n) is 9.10.